The van der Waals surface area contributed by atoms with Gasteiger partial charge in [-0.2, -0.15) is 0 Å². The summed E-state index contributed by atoms with van der Waals surface area (Å²) in [6.07, 6.45) is 1.87. The normalized spacial score (nSPS) is 14.4. The van der Waals surface area contributed by atoms with Gasteiger partial charge in [-0.25, -0.2) is 8.78 Å². The minimum absolute atomic E-state index is 0.00187. The Balaban J connectivity index is 3.48. The Morgan fingerprint density at radius 2 is 1.62 bits per heavy atom. The largest absolute Gasteiger partial charge is 0.377 e. The molecule has 0 heterocycles. The molecule has 1 N–H and O–H groups in total. The number of hydrogen-bond donors (Lipinski definition) is 1. The smallest absolute Gasteiger partial charge is 0.283 e. The Labute approximate surface area is 131 Å². The summed E-state index contributed by atoms with van der Waals surface area (Å²) in [6.45, 7) is 8.12. The maximum Gasteiger partial charge on any atom is 0.283 e. The highest BCUT2D eigenvalue weighted by atomic mass is 32.2. The lowest BCUT2D eigenvalue weighted by molar-refractivity contribution is -0.0881. The van der Waals surface area contributed by atoms with E-state index in [1.807, 2.05) is 34.0 Å². The van der Waals surface area contributed by atoms with Gasteiger partial charge in [0.05, 0.1) is 43.9 Å². The Morgan fingerprint density at radius 1 is 1.05 bits per heavy atom. The van der Waals surface area contributed by atoms with Crippen LogP contribution < -0.4 is 5.32 Å². The fraction of sp³-hybridized carbons (Fsp3) is 1.00. The summed E-state index contributed by atoms with van der Waals surface area (Å²) in [6, 6.07) is 0. The van der Waals surface area contributed by atoms with Crippen molar-refractivity contribution in [3.63, 3.8) is 0 Å². The van der Waals surface area contributed by atoms with Gasteiger partial charge in [0, 0.05) is 0 Å². The lowest BCUT2D eigenvalue weighted by atomic mass is 10.2. The number of alkyl halides is 2. The first-order chi connectivity index (χ1) is 9.66. The summed E-state index contributed by atoms with van der Waals surface area (Å²) in [5.74, 6) is -2.86. The predicted octanol–water partition coefficient (Wildman–Crippen LogP) is 2.77. The van der Waals surface area contributed by atoms with Crippen LogP contribution in [-0.4, -0.2) is 62.7 Å². The maximum absolute atomic E-state index is 13.4. The molecule has 0 aliphatic heterocycles. The van der Waals surface area contributed by atoms with Crippen LogP contribution in [-0.2, 0) is 14.2 Å². The van der Waals surface area contributed by atoms with Crippen LogP contribution in [0.25, 0.3) is 0 Å². The van der Waals surface area contributed by atoms with E-state index < -0.39 is 12.5 Å². The minimum Gasteiger partial charge on any atom is -0.377 e. The zero-order chi connectivity index (χ0) is 16.4. The number of halogens is 2. The summed E-state index contributed by atoms with van der Waals surface area (Å²) in [5.41, 5.74) is -0.192. The van der Waals surface area contributed by atoms with Crippen LogP contribution >= 0.6 is 11.8 Å². The Hall–Kier alpha value is 0.0500. The summed E-state index contributed by atoms with van der Waals surface area (Å²) < 4.78 is 42.5. The molecule has 4 nitrogen and oxygen atoms in total. The SMILES string of the molecule is CSC(C)NCC(F)(F)COCCOCCOC(C)(C)C. The zero-order valence-electron chi connectivity index (χ0n) is 13.7. The molecule has 0 fully saturated rings. The van der Waals surface area contributed by atoms with Crippen LogP contribution in [0.1, 0.15) is 27.7 Å². The van der Waals surface area contributed by atoms with Crippen molar-refractivity contribution < 1.29 is 23.0 Å². The zero-order valence-corrected chi connectivity index (χ0v) is 14.5. The molecule has 0 aromatic heterocycles. The highest BCUT2D eigenvalue weighted by Crippen LogP contribution is 2.14. The van der Waals surface area contributed by atoms with Gasteiger partial charge in [0.1, 0.15) is 6.61 Å². The second-order valence-electron chi connectivity index (χ2n) is 5.74. The number of nitrogens with one attached hydrogen (secondary N) is 1. The first-order valence-electron chi connectivity index (χ1n) is 7.10. The third-order valence-electron chi connectivity index (χ3n) is 2.45. The van der Waals surface area contributed by atoms with Crippen LogP contribution in [0.15, 0.2) is 0 Å². The van der Waals surface area contributed by atoms with Crippen molar-refractivity contribution in [2.75, 3.05) is 45.8 Å². The molecular weight excluding hydrogens is 300 g/mol. The van der Waals surface area contributed by atoms with E-state index in [0.717, 1.165) is 0 Å². The Kier molecular flexibility index (Phi) is 10.7. The lowest BCUT2D eigenvalue weighted by Crippen LogP contribution is -2.39. The number of rotatable bonds is 12. The summed E-state index contributed by atoms with van der Waals surface area (Å²) in [4.78, 5) is 0. The average Bonchev–Trinajstić information content (AvgIpc) is 2.38. The molecule has 21 heavy (non-hydrogen) atoms. The molecule has 0 saturated heterocycles. The van der Waals surface area contributed by atoms with Crippen LogP contribution in [0, 0.1) is 0 Å². The first kappa shape index (κ1) is 21.0. The van der Waals surface area contributed by atoms with Crippen molar-refractivity contribution in [2.45, 2.75) is 44.6 Å². The molecule has 0 aliphatic rings. The van der Waals surface area contributed by atoms with Crippen LogP contribution in [0.2, 0.25) is 0 Å². The van der Waals surface area contributed by atoms with Gasteiger partial charge in [-0.3, -0.25) is 5.32 Å². The average molecular weight is 329 g/mol. The first-order valence-corrected chi connectivity index (χ1v) is 8.38. The topological polar surface area (TPSA) is 39.7 Å². The molecule has 128 valence electrons. The van der Waals surface area contributed by atoms with Gasteiger partial charge in [0.2, 0.25) is 0 Å². The third kappa shape index (κ3) is 14.7. The second kappa shape index (κ2) is 10.7. The molecule has 0 aromatic rings. The van der Waals surface area contributed by atoms with Gasteiger partial charge in [-0.05, 0) is 34.0 Å². The summed E-state index contributed by atoms with van der Waals surface area (Å²) >= 11 is 1.49. The van der Waals surface area contributed by atoms with Crippen molar-refractivity contribution in [3.05, 3.63) is 0 Å². The van der Waals surface area contributed by atoms with E-state index >= 15 is 0 Å². The van der Waals surface area contributed by atoms with Gasteiger partial charge in [0.25, 0.3) is 5.92 Å². The van der Waals surface area contributed by atoms with Gasteiger partial charge in [-0.15, -0.1) is 11.8 Å². The highest BCUT2D eigenvalue weighted by Gasteiger charge is 2.29. The predicted molar refractivity (Wildman–Crippen MR) is 83.3 cm³/mol. The van der Waals surface area contributed by atoms with Gasteiger partial charge in [-0.1, -0.05) is 0 Å². The molecule has 7 heteroatoms. The van der Waals surface area contributed by atoms with E-state index in [9.17, 15) is 8.78 Å². The quantitative estimate of drug-likeness (QED) is 0.440. The molecule has 0 saturated carbocycles. The Morgan fingerprint density at radius 3 is 2.19 bits per heavy atom. The summed E-state index contributed by atoms with van der Waals surface area (Å²) in [5, 5.41) is 2.74. The van der Waals surface area contributed by atoms with Crippen LogP contribution in [0.3, 0.4) is 0 Å². The molecule has 0 aromatic carbocycles. The molecule has 0 bridgehead atoms. The third-order valence-corrected chi connectivity index (χ3v) is 3.32. The molecule has 0 spiro atoms. The number of ether oxygens (including phenoxy) is 3. The molecule has 1 unspecified atom stereocenters. The molecule has 0 radical (unpaired) electrons. The van der Waals surface area contributed by atoms with E-state index in [1.54, 1.807) is 0 Å². The number of hydrogen-bond acceptors (Lipinski definition) is 5. The molecule has 1 atom stereocenters. The summed E-state index contributed by atoms with van der Waals surface area (Å²) in [7, 11) is 0. The molecule has 0 aliphatic carbocycles. The fourth-order valence-electron chi connectivity index (χ4n) is 1.28. The van der Waals surface area contributed by atoms with Gasteiger partial charge >= 0.3 is 0 Å². The van der Waals surface area contributed by atoms with E-state index in [2.05, 4.69) is 5.32 Å². The fourth-order valence-corrected chi connectivity index (χ4v) is 1.53. The molecule has 0 rings (SSSR count). The van der Waals surface area contributed by atoms with Crippen molar-refractivity contribution >= 4 is 11.8 Å². The monoisotopic (exact) mass is 329 g/mol. The minimum atomic E-state index is -2.86. The van der Waals surface area contributed by atoms with Crippen molar-refractivity contribution in [1.82, 2.24) is 5.32 Å². The standard InChI is InChI=1S/C14H29F2NO3S/c1-12(21-5)17-10-14(15,16)11-19-7-6-18-8-9-20-13(2,3)4/h12,17H,6-11H2,1-5H3. The highest BCUT2D eigenvalue weighted by molar-refractivity contribution is 7.99. The van der Waals surface area contributed by atoms with Crippen LogP contribution in [0.5, 0.6) is 0 Å². The number of thioether (sulfide) groups is 1. The van der Waals surface area contributed by atoms with Crippen LogP contribution in [0.4, 0.5) is 8.78 Å². The van der Waals surface area contributed by atoms with E-state index in [1.165, 1.54) is 11.8 Å². The van der Waals surface area contributed by atoms with Crippen molar-refractivity contribution in [2.24, 2.45) is 0 Å². The second-order valence-corrected chi connectivity index (χ2v) is 6.92. The lowest BCUT2D eigenvalue weighted by Gasteiger charge is -2.20. The Bertz CT molecular complexity index is 263. The molecular formula is C14H29F2NO3S. The van der Waals surface area contributed by atoms with Crippen molar-refractivity contribution in [3.8, 4) is 0 Å². The molecule has 0 amide bonds. The van der Waals surface area contributed by atoms with E-state index in [-0.39, 0.29) is 30.7 Å². The van der Waals surface area contributed by atoms with Gasteiger partial charge in [0.15, 0.2) is 0 Å². The van der Waals surface area contributed by atoms with E-state index in [0.29, 0.717) is 13.2 Å². The van der Waals surface area contributed by atoms with E-state index in [4.69, 9.17) is 14.2 Å². The van der Waals surface area contributed by atoms with Crippen molar-refractivity contribution in [1.29, 1.82) is 0 Å². The maximum atomic E-state index is 13.4. The van der Waals surface area contributed by atoms with Gasteiger partial charge < -0.3 is 14.2 Å².